The van der Waals surface area contributed by atoms with E-state index in [1.165, 1.54) is 0 Å². The molecule has 0 aliphatic carbocycles. The Labute approximate surface area is 198 Å². The Bertz CT molecular complexity index is 1380. The van der Waals surface area contributed by atoms with Crippen molar-refractivity contribution in [1.82, 2.24) is 19.7 Å². The Morgan fingerprint density at radius 3 is 2.76 bits per heavy atom. The molecule has 0 radical (unpaired) electrons. The molecule has 3 N–H and O–H groups in total. The van der Waals surface area contributed by atoms with Crippen LogP contribution >= 0.6 is 15.9 Å². The number of nitrogens with zero attached hydrogens (tertiary/aromatic N) is 4. The second kappa shape index (κ2) is 8.51. The van der Waals surface area contributed by atoms with Crippen LogP contribution in [0.1, 0.15) is 18.5 Å². The summed E-state index contributed by atoms with van der Waals surface area (Å²) in [7, 11) is 0. The van der Waals surface area contributed by atoms with Crippen LogP contribution in [0.5, 0.6) is 5.75 Å². The highest BCUT2D eigenvalue weighted by atomic mass is 79.9. The van der Waals surface area contributed by atoms with E-state index in [4.69, 9.17) is 5.10 Å². The number of halogens is 1. The zero-order valence-corrected chi connectivity index (χ0v) is 19.1. The number of anilines is 2. The number of carbonyl (C=O) groups excluding carboxylic acids is 1. The number of allylic oxidation sites excluding steroid dienone is 1. The quantitative estimate of drug-likeness (QED) is 0.372. The molecule has 1 unspecified atom stereocenters. The molecule has 33 heavy (non-hydrogen) atoms. The van der Waals surface area contributed by atoms with Gasteiger partial charge in [0.1, 0.15) is 11.8 Å². The lowest BCUT2D eigenvalue weighted by atomic mass is 9.95. The van der Waals surface area contributed by atoms with Crippen LogP contribution in [-0.4, -0.2) is 30.8 Å². The van der Waals surface area contributed by atoms with Crippen LogP contribution in [0.2, 0.25) is 0 Å². The predicted octanol–water partition coefficient (Wildman–Crippen LogP) is 4.74. The number of hydrogen-bond donors (Lipinski definition) is 3. The molecule has 1 atom stereocenters. The van der Waals surface area contributed by atoms with Gasteiger partial charge in [-0.05, 0) is 48.9 Å². The molecule has 9 heteroatoms. The summed E-state index contributed by atoms with van der Waals surface area (Å²) in [5.74, 6) is 0.810. The number of amides is 1. The Morgan fingerprint density at radius 2 is 2.00 bits per heavy atom. The first-order chi connectivity index (χ1) is 16.0. The maximum Gasteiger partial charge on any atom is 0.255 e. The van der Waals surface area contributed by atoms with Crippen LogP contribution in [0.15, 0.2) is 88.8 Å². The fraction of sp³-hybridized carbons (Fsp3) is 0.0833. The molecule has 1 aliphatic rings. The van der Waals surface area contributed by atoms with E-state index in [9.17, 15) is 9.90 Å². The van der Waals surface area contributed by atoms with Crippen LogP contribution in [-0.2, 0) is 4.79 Å². The number of carbonyl (C=O) groups is 1. The first kappa shape index (κ1) is 20.9. The first-order valence-electron chi connectivity index (χ1n) is 10.2. The van der Waals surface area contributed by atoms with E-state index in [1.54, 1.807) is 47.4 Å². The minimum absolute atomic E-state index is 0.127. The van der Waals surface area contributed by atoms with Crippen molar-refractivity contribution in [3.63, 3.8) is 0 Å². The SMILES string of the molecule is CC1=C(C(=O)Nc2cccnc2)C(c2cccc(Br)c2)n2nc(-c3cccc(O)c3)nc2N1. The predicted molar refractivity (Wildman–Crippen MR) is 129 cm³/mol. The van der Waals surface area contributed by atoms with Gasteiger partial charge in [0.05, 0.1) is 17.5 Å². The summed E-state index contributed by atoms with van der Waals surface area (Å²) in [4.78, 5) is 22.1. The zero-order chi connectivity index (χ0) is 22.9. The number of benzene rings is 2. The number of fused-ring (bicyclic) bond motifs is 1. The molecule has 164 valence electrons. The van der Waals surface area contributed by atoms with Crippen LogP contribution < -0.4 is 10.6 Å². The van der Waals surface area contributed by atoms with E-state index < -0.39 is 6.04 Å². The van der Waals surface area contributed by atoms with Crippen molar-refractivity contribution in [2.24, 2.45) is 0 Å². The summed E-state index contributed by atoms with van der Waals surface area (Å²) in [5, 5.41) is 20.7. The number of rotatable bonds is 4. The smallest absolute Gasteiger partial charge is 0.255 e. The van der Waals surface area contributed by atoms with E-state index >= 15 is 0 Å². The van der Waals surface area contributed by atoms with E-state index in [2.05, 4.69) is 36.5 Å². The van der Waals surface area contributed by atoms with Gasteiger partial charge in [0, 0.05) is 21.9 Å². The van der Waals surface area contributed by atoms with Crippen molar-refractivity contribution in [3.8, 4) is 17.1 Å². The Morgan fingerprint density at radius 1 is 1.15 bits per heavy atom. The third-order valence-corrected chi connectivity index (χ3v) is 5.78. The molecule has 0 saturated heterocycles. The molecular weight excluding hydrogens is 484 g/mol. The Kier molecular flexibility index (Phi) is 5.39. The highest BCUT2D eigenvalue weighted by Gasteiger charge is 2.34. The number of aromatic nitrogens is 4. The summed E-state index contributed by atoms with van der Waals surface area (Å²) in [5.41, 5.74) is 3.32. The third-order valence-electron chi connectivity index (χ3n) is 5.29. The normalized spacial score (nSPS) is 15.0. The lowest BCUT2D eigenvalue weighted by Gasteiger charge is -2.28. The van der Waals surface area contributed by atoms with Crippen molar-refractivity contribution in [2.45, 2.75) is 13.0 Å². The Balaban J connectivity index is 1.62. The van der Waals surface area contributed by atoms with Gasteiger partial charge in [0.2, 0.25) is 5.95 Å². The summed E-state index contributed by atoms with van der Waals surface area (Å²) in [6.45, 7) is 1.84. The average Bonchev–Trinajstić information content (AvgIpc) is 3.22. The molecular formula is C24H19BrN6O2. The maximum atomic E-state index is 13.4. The molecule has 4 aromatic rings. The van der Waals surface area contributed by atoms with Crippen LogP contribution in [0.4, 0.5) is 11.6 Å². The van der Waals surface area contributed by atoms with Gasteiger partial charge in [0.15, 0.2) is 5.82 Å². The standard InChI is InChI=1S/C24H19BrN6O2/c1-14-20(23(33)28-18-8-4-10-26-13-18)21(15-5-2-7-17(25)11-15)31-24(27-14)29-22(30-31)16-6-3-9-19(32)12-16/h2-13,21,32H,1H3,(H,28,33)(H,27,29,30). The van der Waals surface area contributed by atoms with E-state index in [-0.39, 0.29) is 11.7 Å². The minimum Gasteiger partial charge on any atom is -0.508 e. The van der Waals surface area contributed by atoms with Crippen molar-refractivity contribution in [3.05, 3.63) is 94.4 Å². The topological polar surface area (TPSA) is 105 Å². The fourth-order valence-electron chi connectivity index (χ4n) is 3.83. The van der Waals surface area contributed by atoms with Gasteiger partial charge in [-0.25, -0.2) is 4.68 Å². The van der Waals surface area contributed by atoms with Crippen LogP contribution in [0.3, 0.4) is 0 Å². The molecule has 2 aromatic carbocycles. The Hall–Kier alpha value is -3.98. The summed E-state index contributed by atoms with van der Waals surface area (Å²) < 4.78 is 2.59. The second-order valence-electron chi connectivity index (χ2n) is 7.57. The molecule has 0 fully saturated rings. The van der Waals surface area contributed by atoms with E-state index in [0.717, 1.165) is 10.0 Å². The van der Waals surface area contributed by atoms with E-state index in [1.807, 2.05) is 37.3 Å². The second-order valence-corrected chi connectivity index (χ2v) is 8.49. The lowest BCUT2D eigenvalue weighted by Crippen LogP contribution is -2.31. The van der Waals surface area contributed by atoms with Crippen LogP contribution in [0, 0.1) is 0 Å². The van der Waals surface area contributed by atoms with Gasteiger partial charge < -0.3 is 15.7 Å². The van der Waals surface area contributed by atoms with Crippen molar-refractivity contribution in [2.75, 3.05) is 10.6 Å². The largest absolute Gasteiger partial charge is 0.508 e. The molecule has 3 heterocycles. The fourth-order valence-corrected chi connectivity index (χ4v) is 4.25. The minimum atomic E-state index is -0.519. The number of nitrogens with one attached hydrogen (secondary N) is 2. The summed E-state index contributed by atoms with van der Waals surface area (Å²) in [6.07, 6.45) is 3.25. The van der Waals surface area contributed by atoms with Crippen molar-refractivity contribution < 1.29 is 9.90 Å². The number of phenolic OH excluding ortho intramolecular Hbond substituents is 1. The molecule has 1 aliphatic heterocycles. The lowest BCUT2D eigenvalue weighted by molar-refractivity contribution is -0.113. The van der Waals surface area contributed by atoms with Gasteiger partial charge in [0.25, 0.3) is 5.91 Å². The third kappa shape index (κ3) is 4.10. The molecule has 2 aromatic heterocycles. The monoisotopic (exact) mass is 502 g/mol. The zero-order valence-electron chi connectivity index (χ0n) is 17.5. The molecule has 0 spiro atoms. The molecule has 5 rings (SSSR count). The number of aromatic hydroxyl groups is 1. The average molecular weight is 503 g/mol. The molecule has 1 amide bonds. The highest BCUT2D eigenvalue weighted by Crippen LogP contribution is 2.37. The number of pyridine rings is 1. The summed E-state index contributed by atoms with van der Waals surface area (Å²) in [6, 6.07) is 17.5. The number of phenols is 1. The van der Waals surface area contributed by atoms with Gasteiger partial charge >= 0.3 is 0 Å². The van der Waals surface area contributed by atoms with E-state index in [0.29, 0.717) is 34.3 Å². The number of hydrogen-bond acceptors (Lipinski definition) is 6. The van der Waals surface area contributed by atoms with Crippen LogP contribution in [0.25, 0.3) is 11.4 Å². The molecule has 8 nitrogen and oxygen atoms in total. The molecule has 0 saturated carbocycles. The molecule has 0 bridgehead atoms. The van der Waals surface area contributed by atoms with Gasteiger partial charge in [-0.2, -0.15) is 4.98 Å². The summed E-state index contributed by atoms with van der Waals surface area (Å²) >= 11 is 3.53. The van der Waals surface area contributed by atoms with Gasteiger partial charge in [-0.1, -0.05) is 40.2 Å². The van der Waals surface area contributed by atoms with Gasteiger partial charge in [-0.15, -0.1) is 5.10 Å². The maximum absolute atomic E-state index is 13.4. The highest BCUT2D eigenvalue weighted by molar-refractivity contribution is 9.10. The van der Waals surface area contributed by atoms with Gasteiger partial charge in [-0.3, -0.25) is 9.78 Å². The van der Waals surface area contributed by atoms with Crippen molar-refractivity contribution >= 4 is 33.5 Å². The van der Waals surface area contributed by atoms with Crippen molar-refractivity contribution in [1.29, 1.82) is 0 Å². The first-order valence-corrected chi connectivity index (χ1v) is 11.0.